The van der Waals surface area contributed by atoms with Gasteiger partial charge in [0.25, 0.3) is 0 Å². The zero-order valence-electron chi connectivity index (χ0n) is 8.88. The van der Waals surface area contributed by atoms with Gasteiger partial charge in [0.05, 0.1) is 11.7 Å². The Hall–Kier alpha value is -1.26. The summed E-state index contributed by atoms with van der Waals surface area (Å²) in [7, 11) is 0. The van der Waals surface area contributed by atoms with Crippen molar-refractivity contribution < 1.29 is 0 Å². The number of hydrogen-bond acceptors (Lipinski definition) is 2. The molecule has 3 rings (SSSR count). The maximum atomic E-state index is 4.21. The van der Waals surface area contributed by atoms with E-state index in [1.165, 1.54) is 10.3 Å². The zero-order chi connectivity index (χ0) is 11.7. The zero-order valence-corrected chi connectivity index (χ0v) is 11.3. The molecule has 0 unspecified atom stereocenters. The van der Waals surface area contributed by atoms with Crippen molar-refractivity contribution in [3.8, 4) is 0 Å². The molecule has 0 aliphatic heterocycles. The SMILES string of the molecule is Brc1cncc2c1ccn2Sc1ccccc1. The predicted octanol–water partition coefficient (Wildman–Crippen LogP) is 4.35. The second kappa shape index (κ2) is 4.55. The largest absolute Gasteiger partial charge is 0.285 e. The van der Waals surface area contributed by atoms with E-state index in [4.69, 9.17) is 0 Å². The lowest BCUT2D eigenvalue weighted by molar-refractivity contribution is 1.27. The van der Waals surface area contributed by atoms with Gasteiger partial charge in [-0.15, -0.1) is 0 Å². The quantitative estimate of drug-likeness (QED) is 0.700. The van der Waals surface area contributed by atoms with Gasteiger partial charge in [-0.05, 0) is 46.1 Å². The van der Waals surface area contributed by atoms with E-state index < -0.39 is 0 Å². The van der Waals surface area contributed by atoms with Crippen molar-refractivity contribution in [2.24, 2.45) is 0 Å². The summed E-state index contributed by atoms with van der Waals surface area (Å²) in [6.45, 7) is 0. The first-order valence-electron chi connectivity index (χ1n) is 5.18. The Bertz CT molecular complexity index is 649. The molecule has 0 amide bonds. The van der Waals surface area contributed by atoms with Crippen LogP contribution in [-0.2, 0) is 0 Å². The van der Waals surface area contributed by atoms with Crippen LogP contribution in [0.2, 0.25) is 0 Å². The second-order valence-corrected chi connectivity index (χ2v) is 5.50. The molecule has 0 fully saturated rings. The van der Waals surface area contributed by atoms with Crippen LogP contribution in [0.1, 0.15) is 0 Å². The molecule has 0 spiro atoms. The highest BCUT2D eigenvalue weighted by molar-refractivity contribution is 9.10. The van der Waals surface area contributed by atoms with Crippen LogP contribution in [-0.4, -0.2) is 8.96 Å². The van der Waals surface area contributed by atoms with Crippen molar-refractivity contribution in [2.45, 2.75) is 4.90 Å². The number of nitrogens with zero attached hydrogens (tertiary/aromatic N) is 2. The molecule has 0 aliphatic rings. The van der Waals surface area contributed by atoms with Crippen molar-refractivity contribution in [1.82, 2.24) is 8.96 Å². The van der Waals surface area contributed by atoms with Gasteiger partial charge in [-0.1, -0.05) is 18.2 Å². The van der Waals surface area contributed by atoms with Gasteiger partial charge in [0, 0.05) is 27.1 Å². The van der Waals surface area contributed by atoms with E-state index in [9.17, 15) is 0 Å². The summed E-state index contributed by atoms with van der Waals surface area (Å²) in [6, 6.07) is 12.4. The monoisotopic (exact) mass is 304 g/mol. The summed E-state index contributed by atoms with van der Waals surface area (Å²) in [4.78, 5) is 5.42. The molecule has 17 heavy (non-hydrogen) atoms. The molecule has 0 saturated heterocycles. The molecule has 2 nitrogen and oxygen atoms in total. The van der Waals surface area contributed by atoms with Gasteiger partial charge in [-0.3, -0.25) is 8.96 Å². The normalized spacial score (nSPS) is 10.9. The summed E-state index contributed by atoms with van der Waals surface area (Å²) in [6.07, 6.45) is 5.77. The van der Waals surface area contributed by atoms with Crippen molar-refractivity contribution in [2.75, 3.05) is 0 Å². The minimum absolute atomic E-state index is 1.03. The molecule has 0 bridgehead atoms. The van der Waals surface area contributed by atoms with Crippen LogP contribution in [0.5, 0.6) is 0 Å². The first kappa shape index (κ1) is 10.9. The molecule has 2 heterocycles. The maximum absolute atomic E-state index is 4.21. The minimum Gasteiger partial charge on any atom is -0.285 e. The fraction of sp³-hybridized carbons (Fsp3) is 0. The third-order valence-electron chi connectivity index (χ3n) is 2.48. The number of benzene rings is 1. The van der Waals surface area contributed by atoms with E-state index in [1.807, 2.05) is 30.6 Å². The Labute approximate surface area is 112 Å². The van der Waals surface area contributed by atoms with Crippen LogP contribution >= 0.6 is 27.9 Å². The fourth-order valence-corrected chi connectivity index (χ4v) is 3.00. The number of hydrogen-bond donors (Lipinski definition) is 0. The number of aromatic nitrogens is 2. The van der Waals surface area contributed by atoms with Gasteiger partial charge in [-0.25, -0.2) is 0 Å². The molecule has 84 valence electrons. The molecule has 2 aromatic heterocycles. The van der Waals surface area contributed by atoms with Gasteiger partial charge >= 0.3 is 0 Å². The standard InChI is InChI=1S/C13H9BrN2S/c14-12-8-15-9-13-11(12)6-7-16(13)17-10-4-2-1-3-5-10/h1-9H. The lowest BCUT2D eigenvalue weighted by Gasteiger charge is -2.03. The van der Waals surface area contributed by atoms with Gasteiger partial charge in [0.1, 0.15) is 0 Å². The third kappa shape index (κ3) is 2.10. The second-order valence-electron chi connectivity index (χ2n) is 3.60. The van der Waals surface area contributed by atoms with Crippen molar-refractivity contribution >= 4 is 38.8 Å². The summed E-state index contributed by atoms with van der Waals surface area (Å²) >= 11 is 5.20. The van der Waals surface area contributed by atoms with Crippen molar-refractivity contribution in [3.05, 3.63) is 59.5 Å². The summed E-state index contributed by atoms with van der Waals surface area (Å²) in [5.74, 6) is 0. The van der Waals surface area contributed by atoms with E-state index >= 15 is 0 Å². The summed E-state index contributed by atoms with van der Waals surface area (Å²) < 4.78 is 3.16. The molecular weight excluding hydrogens is 296 g/mol. The van der Waals surface area contributed by atoms with E-state index in [0.29, 0.717) is 0 Å². The lowest BCUT2D eigenvalue weighted by Crippen LogP contribution is -1.85. The Morgan fingerprint density at radius 1 is 1.06 bits per heavy atom. The van der Waals surface area contributed by atoms with Crippen LogP contribution in [0, 0.1) is 0 Å². The topological polar surface area (TPSA) is 17.8 Å². The number of fused-ring (bicyclic) bond motifs is 1. The Morgan fingerprint density at radius 3 is 2.71 bits per heavy atom. The lowest BCUT2D eigenvalue weighted by atomic mass is 10.3. The predicted molar refractivity (Wildman–Crippen MR) is 75.1 cm³/mol. The number of pyridine rings is 1. The Morgan fingerprint density at radius 2 is 1.88 bits per heavy atom. The molecule has 4 heteroatoms. The third-order valence-corrected chi connectivity index (χ3v) is 4.11. The Balaban J connectivity index is 2.05. The minimum atomic E-state index is 1.03. The van der Waals surface area contributed by atoms with Gasteiger partial charge < -0.3 is 0 Å². The van der Waals surface area contributed by atoms with E-state index in [1.54, 1.807) is 11.9 Å². The van der Waals surface area contributed by atoms with E-state index in [0.717, 1.165) is 9.99 Å². The smallest absolute Gasteiger partial charge is 0.0789 e. The molecule has 0 N–H and O–H groups in total. The number of halogens is 1. The highest BCUT2D eigenvalue weighted by Gasteiger charge is 2.05. The van der Waals surface area contributed by atoms with Crippen LogP contribution in [0.15, 0.2) is 64.4 Å². The summed E-state index contributed by atoms with van der Waals surface area (Å²) in [5.41, 5.74) is 1.12. The molecule has 0 aliphatic carbocycles. The first-order chi connectivity index (χ1) is 8.34. The van der Waals surface area contributed by atoms with E-state index in [2.05, 4.69) is 49.3 Å². The highest BCUT2D eigenvalue weighted by atomic mass is 79.9. The highest BCUT2D eigenvalue weighted by Crippen LogP contribution is 2.29. The summed E-state index contributed by atoms with van der Waals surface area (Å²) in [5, 5.41) is 1.18. The average Bonchev–Trinajstić information content (AvgIpc) is 2.76. The van der Waals surface area contributed by atoms with Crippen molar-refractivity contribution in [3.63, 3.8) is 0 Å². The molecular formula is C13H9BrN2S. The molecule has 0 radical (unpaired) electrons. The molecule has 0 saturated carbocycles. The fourth-order valence-electron chi connectivity index (χ4n) is 1.67. The Kier molecular flexibility index (Phi) is 2.91. The molecule has 3 aromatic rings. The van der Waals surface area contributed by atoms with Gasteiger partial charge in [0.15, 0.2) is 0 Å². The molecule has 0 atom stereocenters. The van der Waals surface area contributed by atoms with Crippen LogP contribution in [0.4, 0.5) is 0 Å². The maximum Gasteiger partial charge on any atom is 0.0789 e. The van der Waals surface area contributed by atoms with Crippen LogP contribution in [0.25, 0.3) is 10.9 Å². The van der Waals surface area contributed by atoms with Gasteiger partial charge in [-0.2, -0.15) is 0 Å². The van der Waals surface area contributed by atoms with Crippen molar-refractivity contribution in [1.29, 1.82) is 0 Å². The number of rotatable bonds is 2. The van der Waals surface area contributed by atoms with Crippen LogP contribution in [0.3, 0.4) is 0 Å². The van der Waals surface area contributed by atoms with Gasteiger partial charge in [0.2, 0.25) is 0 Å². The van der Waals surface area contributed by atoms with E-state index in [-0.39, 0.29) is 0 Å². The van der Waals surface area contributed by atoms with Crippen LogP contribution < -0.4 is 0 Å². The molecule has 1 aromatic carbocycles. The first-order valence-corrected chi connectivity index (χ1v) is 6.75. The average molecular weight is 305 g/mol.